The Balaban J connectivity index is 0.777. The average Bonchev–Trinajstić information content (AvgIpc) is 0.696. The van der Waals surface area contributed by atoms with Crippen molar-refractivity contribution < 1.29 is 227 Å². The van der Waals surface area contributed by atoms with E-state index >= 15 is 9.59 Å². The molecular formula is C96H152O46. The highest BCUT2D eigenvalue weighted by Crippen LogP contribution is 2.76. The standard InChI is InChI=1S/C96H152O46/c1-15-91(10,124)25-17-19-43(33-98)79(122)136-73-40(4)129-85(71(119)66(73)114)142-92(11,16-2)26-18-20-42(32-97)78(121)134-55-31-96(88(123)141-87-77(65(113)59(107)48(35-100)132-87)140-84-72(120)75(138-83-70(118)62(110)58(106)47(34-99)130-83)74(41(5)128-84)137-82-68(116)60(108)49(36-101)131-82)45(29-89(55,6)7)44-21-22-52-93(12)27-24-54(90(8,9)51(93)23-28-94(52,13)95(44,14)30-53(96)103)135-81-69(117)63(111)61(109)50(133-81)38-126-86-76(64(112)56(104)39(3)127-86)139-80-67(115)57(105)46(102)37-125-80/h15-16,19-21,39-41,45-77,80-87,97-120,124H,1-2,17-18,22-38H2,3-14H3/b42-20+,43-19+/t39-,40-,41-,45-,46-,47-,48-,49+,50+,51+,52-,53-,54+,55-,56-,57+,58-,59-,60+,61+,62+,63-,64+,65+,66-,67-,68-,69+,70-,71-,72-,73-,74-,75-,76-,77-,80+,81-,82+,83+,84+,85+,86-,87+,91+,92+,93-,94-,95-,96+/m0/s1. The Morgan fingerprint density at radius 2 is 0.930 bits per heavy atom. The van der Waals surface area contributed by atoms with Gasteiger partial charge in [-0.2, -0.15) is 0 Å². The van der Waals surface area contributed by atoms with E-state index in [2.05, 4.69) is 33.1 Å². The van der Waals surface area contributed by atoms with Gasteiger partial charge in [0.15, 0.2) is 56.2 Å². The van der Waals surface area contributed by atoms with Crippen molar-refractivity contribution in [2.24, 2.45) is 50.2 Å². The van der Waals surface area contributed by atoms with Crippen molar-refractivity contribution >= 4 is 17.9 Å². The molecule has 46 nitrogen and oxygen atoms in total. The van der Waals surface area contributed by atoms with E-state index in [1.807, 2.05) is 20.8 Å². The summed E-state index contributed by atoms with van der Waals surface area (Å²) in [5.74, 6) is -4.83. The topological polar surface area (TPSA) is 723 Å². The number of fused-ring (bicyclic) bond motifs is 7. The Bertz CT molecular complexity index is 4350. The minimum absolute atomic E-state index is 0.0536. The number of hydrogen-bond donors (Lipinski definition) is 25. The van der Waals surface area contributed by atoms with Crippen LogP contribution in [-0.4, -0.2) is 455 Å². The van der Waals surface area contributed by atoms with E-state index in [1.165, 1.54) is 52.0 Å². The SMILES string of the molecule is C=C[C@@](C)(O)CC/C=C(\CO)C(=O)O[C@@H]1[C@@H](O)[C@H](O)[C@@H](O[C@](C)(C=C)CC/C=C(\CO)C(=O)O[C@H]2C[C@]3(C(=O)O[C@H]4O[C@@H](CO)[C@H](O)[C@@H](O)[C@@H]4O[C@H]4O[C@@H](C)[C@H](O[C@H]5O[C@H](CO)[C@@H](O)[C@@H]5O)[C@@H](O[C@H]5O[C@@H](CO)[C@H](O)[C@@H](O)[C@@H]5O)[C@@H]4O)[C@@H](O)C[C@@]4(C)C(=CC[C@H]5[C@@]6(C)CC[C@@H](O[C@@H]7O[C@H](CO[C@H]8O[C@@H](C)[C@H](O)[C@@H](O)[C@@H]8O[C@H]8OC[C@H](O)[C@@H](O)[C@@H]8O)[C@@H](O)[C@H](O)[C@H]7O)C(C)(C)[C@H]6CC[C@@]54C)[C@@H]3CC2(C)C)O[C@H]1C. The van der Waals surface area contributed by atoms with Crippen LogP contribution in [0.1, 0.15) is 160 Å². The lowest BCUT2D eigenvalue weighted by atomic mass is 9.33. The first-order chi connectivity index (χ1) is 66.6. The van der Waals surface area contributed by atoms with E-state index in [0.29, 0.717) is 37.7 Å². The molecule has 812 valence electrons. The number of esters is 3. The summed E-state index contributed by atoms with van der Waals surface area (Å²) in [4.78, 5) is 45.3. The third kappa shape index (κ3) is 22.0. The summed E-state index contributed by atoms with van der Waals surface area (Å²) in [5.41, 5.74) is -9.07. The van der Waals surface area contributed by atoms with Crippen molar-refractivity contribution in [3.05, 3.63) is 60.3 Å². The van der Waals surface area contributed by atoms with Gasteiger partial charge in [0.05, 0.1) is 99.1 Å². The maximum absolute atomic E-state index is 16.8. The van der Waals surface area contributed by atoms with Crippen molar-refractivity contribution in [2.75, 3.05) is 46.2 Å². The van der Waals surface area contributed by atoms with Crippen LogP contribution in [-0.2, 0) is 99.6 Å². The van der Waals surface area contributed by atoms with Crippen LogP contribution in [0.3, 0.4) is 0 Å². The molecule has 4 saturated carbocycles. The molecule has 0 spiro atoms. The van der Waals surface area contributed by atoms with Gasteiger partial charge in [-0.15, -0.1) is 13.2 Å². The molecule has 8 heterocycles. The third-order valence-electron chi connectivity index (χ3n) is 33.6. The first-order valence-electron chi connectivity index (χ1n) is 49.0. The molecule has 0 radical (unpaired) electrons. The van der Waals surface area contributed by atoms with E-state index in [0.717, 1.165) is 0 Å². The van der Waals surface area contributed by atoms with Crippen molar-refractivity contribution in [1.29, 1.82) is 0 Å². The fraction of sp³-hybridized carbons (Fsp3) is 0.865. The lowest BCUT2D eigenvalue weighted by Crippen LogP contribution is -2.70. The van der Waals surface area contributed by atoms with Crippen molar-refractivity contribution in [1.82, 2.24) is 0 Å². The zero-order valence-electron chi connectivity index (χ0n) is 81.9. The molecule has 0 aromatic rings. The fourth-order valence-corrected chi connectivity index (χ4v) is 24.3. The maximum atomic E-state index is 16.8. The molecule has 0 amide bonds. The summed E-state index contributed by atoms with van der Waals surface area (Å²) in [5, 5.41) is 279. The molecule has 0 bridgehead atoms. The summed E-state index contributed by atoms with van der Waals surface area (Å²) >= 11 is 0. The van der Waals surface area contributed by atoms with E-state index in [9.17, 15) is 132 Å². The molecule has 5 aliphatic carbocycles. The molecule has 142 heavy (non-hydrogen) atoms. The van der Waals surface area contributed by atoms with Crippen molar-refractivity contribution in [3.63, 3.8) is 0 Å². The van der Waals surface area contributed by atoms with Gasteiger partial charge in [0.2, 0.25) is 6.29 Å². The first kappa shape index (κ1) is 115. The number of allylic oxidation sites excluding steroid dienone is 4. The Morgan fingerprint density at radius 3 is 1.53 bits per heavy atom. The summed E-state index contributed by atoms with van der Waals surface area (Å²) < 4.78 is 110. The summed E-state index contributed by atoms with van der Waals surface area (Å²) in [7, 11) is 0. The summed E-state index contributed by atoms with van der Waals surface area (Å²) in [6.45, 7) is 23.2. The predicted octanol–water partition coefficient (Wildman–Crippen LogP) is -6.06. The fourth-order valence-electron chi connectivity index (χ4n) is 24.3. The molecule has 12 fully saturated rings. The largest absolute Gasteiger partial charge is 0.458 e. The molecular weight excluding hydrogens is 1890 g/mol. The highest BCUT2D eigenvalue weighted by molar-refractivity contribution is 5.89. The number of aliphatic hydroxyl groups excluding tert-OH is 24. The molecule has 13 rings (SSSR count). The number of ether oxygens (including phenoxy) is 18. The molecule has 0 unspecified atom stereocenters. The smallest absolute Gasteiger partial charge is 0.336 e. The van der Waals surface area contributed by atoms with E-state index in [1.54, 1.807) is 20.8 Å². The van der Waals surface area contributed by atoms with Gasteiger partial charge in [-0.05, 0) is 145 Å². The molecule has 8 saturated heterocycles. The maximum Gasteiger partial charge on any atom is 0.336 e. The van der Waals surface area contributed by atoms with Gasteiger partial charge in [-0.25, -0.2) is 9.59 Å². The Morgan fingerprint density at radius 1 is 0.451 bits per heavy atom. The minimum atomic E-state index is -2.29. The Hall–Kier alpha value is -4.49. The van der Waals surface area contributed by atoms with Crippen LogP contribution in [0.2, 0.25) is 0 Å². The Labute approximate surface area is 821 Å². The van der Waals surface area contributed by atoms with Crippen LogP contribution < -0.4 is 0 Å². The van der Waals surface area contributed by atoms with E-state index < -0.39 is 372 Å². The van der Waals surface area contributed by atoms with Crippen molar-refractivity contribution in [3.8, 4) is 0 Å². The van der Waals surface area contributed by atoms with Gasteiger partial charge < -0.3 is 213 Å². The van der Waals surface area contributed by atoms with Crippen LogP contribution in [0.15, 0.2) is 60.3 Å². The van der Waals surface area contributed by atoms with Gasteiger partial charge in [-0.3, -0.25) is 4.79 Å². The molecule has 46 heteroatoms. The van der Waals surface area contributed by atoms with Crippen LogP contribution in [0.5, 0.6) is 0 Å². The number of carbonyl (C=O) groups excluding carboxylic acids is 3. The minimum Gasteiger partial charge on any atom is -0.458 e. The Kier molecular flexibility index (Phi) is 36.5. The van der Waals surface area contributed by atoms with E-state index in [4.69, 9.17) is 85.3 Å². The average molecular weight is 2040 g/mol. The second-order valence-corrected chi connectivity index (χ2v) is 43.4. The van der Waals surface area contributed by atoms with Crippen LogP contribution in [0.25, 0.3) is 0 Å². The molecule has 13 aliphatic rings. The van der Waals surface area contributed by atoms with Gasteiger partial charge in [-0.1, -0.05) is 84.4 Å². The zero-order valence-corrected chi connectivity index (χ0v) is 81.9. The number of aliphatic hydroxyl groups is 25. The zero-order chi connectivity index (χ0) is 105. The second kappa shape index (κ2) is 45.2. The highest BCUT2D eigenvalue weighted by atomic mass is 16.8. The van der Waals surface area contributed by atoms with Gasteiger partial charge in [0.1, 0.15) is 164 Å². The predicted molar refractivity (Wildman–Crippen MR) is 478 cm³/mol. The summed E-state index contributed by atoms with van der Waals surface area (Å²) in [6, 6.07) is 0. The lowest BCUT2D eigenvalue weighted by Gasteiger charge is -2.72. The van der Waals surface area contributed by atoms with Gasteiger partial charge >= 0.3 is 17.9 Å². The molecule has 50 atom stereocenters. The summed E-state index contributed by atoms with van der Waals surface area (Å²) in [6.07, 6.45) is -62.4. The number of carbonyl (C=O) groups is 3. The number of hydrogen-bond acceptors (Lipinski definition) is 46. The van der Waals surface area contributed by atoms with Crippen LogP contribution >= 0.6 is 0 Å². The molecule has 0 aromatic heterocycles. The molecule has 25 N–H and O–H groups in total. The third-order valence-corrected chi connectivity index (χ3v) is 33.6. The van der Waals surface area contributed by atoms with Crippen LogP contribution in [0.4, 0.5) is 0 Å². The van der Waals surface area contributed by atoms with E-state index in [-0.39, 0.29) is 61.5 Å². The first-order valence-corrected chi connectivity index (χ1v) is 49.0. The van der Waals surface area contributed by atoms with Crippen molar-refractivity contribution in [2.45, 2.75) is 423 Å². The normalized spacial score (nSPS) is 48.5. The second-order valence-electron chi connectivity index (χ2n) is 43.4. The molecule has 8 aliphatic heterocycles. The number of rotatable bonds is 34. The monoisotopic (exact) mass is 2040 g/mol. The van der Waals surface area contributed by atoms with Gasteiger partial charge in [0, 0.05) is 11.8 Å². The molecule has 0 aromatic carbocycles. The van der Waals surface area contributed by atoms with Crippen LogP contribution in [0, 0.1) is 50.2 Å². The van der Waals surface area contributed by atoms with Gasteiger partial charge in [0.25, 0.3) is 0 Å². The highest BCUT2D eigenvalue weighted by Gasteiger charge is 2.74. The lowest BCUT2D eigenvalue weighted by molar-refractivity contribution is -0.390. The quantitative estimate of drug-likeness (QED) is 0.00937.